The Labute approximate surface area is 166 Å². The van der Waals surface area contributed by atoms with Gasteiger partial charge in [0.15, 0.2) is 0 Å². The van der Waals surface area contributed by atoms with Crippen LogP contribution in [0.3, 0.4) is 0 Å². The van der Waals surface area contributed by atoms with Crippen molar-refractivity contribution in [3.05, 3.63) is 70.7 Å². The molecule has 0 spiro atoms. The third kappa shape index (κ3) is 3.08. The summed E-state index contributed by atoms with van der Waals surface area (Å²) in [5.41, 5.74) is 2.81. The fourth-order valence-corrected chi connectivity index (χ4v) is 6.89. The molecule has 0 unspecified atom stereocenters. The largest absolute Gasteiger partial charge is 0.351 e. The van der Waals surface area contributed by atoms with Gasteiger partial charge < -0.3 is 5.32 Å². The quantitative estimate of drug-likeness (QED) is 0.735. The van der Waals surface area contributed by atoms with Crippen molar-refractivity contribution >= 4 is 17.5 Å². The molecule has 2 aromatic carbocycles. The summed E-state index contributed by atoms with van der Waals surface area (Å²) in [5, 5.41) is 3.93. The van der Waals surface area contributed by atoms with E-state index in [4.69, 9.17) is 11.6 Å². The van der Waals surface area contributed by atoms with Crippen LogP contribution in [-0.4, -0.2) is 12.5 Å². The molecule has 0 saturated heterocycles. The summed E-state index contributed by atoms with van der Waals surface area (Å²) in [6.07, 6.45) is 7.83. The van der Waals surface area contributed by atoms with Gasteiger partial charge in [0.1, 0.15) is 0 Å². The van der Waals surface area contributed by atoms with Crippen LogP contribution in [0.4, 0.5) is 0 Å². The predicted molar refractivity (Wildman–Crippen MR) is 109 cm³/mol. The van der Waals surface area contributed by atoms with Crippen molar-refractivity contribution in [2.24, 2.45) is 17.3 Å². The standard InChI is InChI=1S/C24H26ClNO/c25-21-8-6-19(7-9-21)22(27)26-16-23-11-17-10-18(12-23)14-24(13-17,15-23)20-4-2-1-3-5-20/h1-9,17-18H,10-16H2,(H,26,27)/t17-,18-,23?,24?/m0/s1. The van der Waals surface area contributed by atoms with E-state index in [2.05, 4.69) is 35.6 Å². The molecule has 4 bridgehead atoms. The van der Waals surface area contributed by atoms with Crippen LogP contribution in [0.2, 0.25) is 5.02 Å². The Morgan fingerprint density at radius 1 is 0.963 bits per heavy atom. The van der Waals surface area contributed by atoms with Gasteiger partial charge in [-0.15, -0.1) is 0 Å². The van der Waals surface area contributed by atoms with E-state index in [9.17, 15) is 4.79 Å². The van der Waals surface area contributed by atoms with Gasteiger partial charge in [-0.1, -0.05) is 41.9 Å². The lowest BCUT2D eigenvalue weighted by Crippen LogP contribution is -2.57. The van der Waals surface area contributed by atoms with E-state index >= 15 is 0 Å². The summed E-state index contributed by atoms with van der Waals surface area (Å²) in [7, 11) is 0. The summed E-state index contributed by atoms with van der Waals surface area (Å²) in [6, 6.07) is 18.3. The molecular weight excluding hydrogens is 354 g/mol. The molecule has 2 atom stereocenters. The van der Waals surface area contributed by atoms with E-state index < -0.39 is 0 Å². The van der Waals surface area contributed by atoms with Gasteiger partial charge in [-0.25, -0.2) is 0 Å². The van der Waals surface area contributed by atoms with Gasteiger partial charge in [0.05, 0.1) is 0 Å². The Morgan fingerprint density at radius 3 is 2.30 bits per heavy atom. The number of carbonyl (C=O) groups excluding carboxylic acids is 1. The highest BCUT2D eigenvalue weighted by Gasteiger charge is 2.57. The Balaban J connectivity index is 1.36. The molecule has 0 heterocycles. The summed E-state index contributed by atoms with van der Waals surface area (Å²) in [4.78, 5) is 12.6. The molecule has 4 saturated carbocycles. The molecule has 4 fully saturated rings. The summed E-state index contributed by atoms with van der Waals surface area (Å²) in [5.74, 6) is 1.66. The molecule has 0 radical (unpaired) electrons. The number of halogens is 1. The second-order valence-corrected chi connectivity index (χ2v) is 9.73. The highest BCUT2D eigenvalue weighted by molar-refractivity contribution is 6.30. The number of hydrogen-bond acceptors (Lipinski definition) is 1. The monoisotopic (exact) mass is 379 g/mol. The highest BCUT2D eigenvalue weighted by Crippen LogP contribution is 2.65. The molecule has 2 aromatic rings. The third-order valence-corrected chi connectivity index (χ3v) is 7.55. The lowest BCUT2D eigenvalue weighted by molar-refractivity contribution is -0.0697. The van der Waals surface area contributed by atoms with Gasteiger partial charge in [-0.3, -0.25) is 4.79 Å². The average molecular weight is 380 g/mol. The highest BCUT2D eigenvalue weighted by atomic mass is 35.5. The number of hydrogen-bond donors (Lipinski definition) is 1. The van der Waals surface area contributed by atoms with Gasteiger partial charge in [-0.2, -0.15) is 0 Å². The fraction of sp³-hybridized carbons (Fsp3) is 0.458. The second kappa shape index (κ2) is 6.38. The van der Waals surface area contributed by atoms with Gasteiger partial charge in [0, 0.05) is 17.1 Å². The Kier molecular flexibility index (Phi) is 4.09. The zero-order valence-electron chi connectivity index (χ0n) is 15.6. The normalized spacial score (nSPS) is 33.8. The van der Waals surface area contributed by atoms with Crippen molar-refractivity contribution in [2.45, 2.75) is 43.9 Å². The minimum absolute atomic E-state index is 0.0242. The smallest absolute Gasteiger partial charge is 0.251 e. The molecule has 4 aliphatic rings. The van der Waals surface area contributed by atoms with E-state index in [1.807, 2.05) is 12.1 Å². The molecule has 0 aromatic heterocycles. The molecular formula is C24H26ClNO. The van der Waals surface area contributed by atoms with Crippen LogP contribution in [0.25, 0.3) is 0 Å². The first-order valence-electron chi connectivity index (χ1n) is 10.2. The number of nitrogens with one attached hydrogen (secondary N) is 1. The topological polar surface area (TPSA) is 29.1 Å². The SMILES string of the molecule is O=C(NCC12C[C@@H]3C[C@@H](C1)CC(c1ccccc1)(C3)C2)c1ccc(Cl)cc1. The Morgan fingerprint density at radius 2 is 1.63 bits per heavy atom. The third-order valence-electron chi connectivity index (χ3n) is 7.30. The first-order valence-corrected chi connectivity index (χ1v) is 10.5. The maximum absolute atomic E-state index is 12.6. The first-order chi connectivity index (χ1) is 13.1. The molecule has 0 aliphatic heterocycles. The second-order valence-electron chi connectivity index (χ2n) is 9.30. The van der Waals surface area contributed by atoms with Gasteiger partial charge in [0.25, 0.3) is 5.91 Å². The minimum Gasteiger partial charge on any atom is -0.351 e. The summed E-state index contributed by atoms with van der Waals surface area (Å²) in [6.45, 7) is 0.802. The van der Waals surface area contributed by atoms with E-state index in [1.54, 1.807) is 12.1 Å². The first kappa shape index (κ1) is 17.3. The number of rotatable bonds is 4. The predicted octanol–water partition coefficient (Wildman–Crippen LogP) is 5.61. The maximum Gasteiger partial charge on any atom is 0.251 e. The zero-order chi connectivity index (χ0) is 18.5. The van der Waals surface area contributed by atoms with E-state index in [0.29, 0.717) is 16.0 Å². The number of amides is 1. The van der Waals surface area contributed by atoms with Crippen molar-refractivity contribution in [1.82, 2.24) is 5.32 Å². The van der Waals surface area contributed by atoms with Crippen molar-refractivity contribution in [3.63, 3.8) is 0 Å². The van der Waals surface area contributed by atoms with Crippen LogP contribution in [0.15, 0.2) is 54.6 Å². The van der Waals surface area contributed by atoms with Crippen LogP contribution in [-0.2, 0) is 5.41 Å². The van der Waals surface area contributed by atoms with Crippen molar-refractivity contribution in [3.8, 4) is 0 Å². The van der Waals surface area contributed by atoms with Gasteiger partial charge in [-0.05, 0) is 91.0 Å². The summed E-state index contributed by atoms with van der Waals surface area (Å²) < 4.78 is 0. The molecule has 6 rings (SSSR count). The lowest BCUT2D eigenvalue weighted by atomic mass is 9.43. The van der Waals surface area contributed by atoms with Crippen molar-refractivity contribution < 1.29 is 4.79 Å². The average Bonchev–Trinajstić information content (AvgIpc) is 2.66. The van der Waals surface area contributed by atoms with Crippen molar-refractivity contribution in [1.29, 1.82) is 0 Å². The van der Waals surface area contributed by atoms with Crippen LogP contribution in [0.1, 0.15) is 54.4 Å². The zero-order valence-corrected chi connectivity index (χ0v) is 16.3. The van der Waals surface area contributed by atoms with E-state index in [0.717, 1.165) is 18.4 Å². The van der Waals surface area contributed by atoms with Crippen LogP contribution in [0, 0.1) is 17.3 Å². The minimum atomic E-state index is 0.0242. The van der Waals surface area contributed by atoms with E-state index in [1.165, 1.54) is 44.1 Å². The van der Waals surface area contributed by atoms with Crippen LogP contribution >= 0.6 is 11.6 Å². The summed E-state index contributed by atoms with van der Waals surface area (Å²) >= 11 is 5.95. The molecule has 27 heavy (non-hydrogen) atoms. The van der Waals surface area contributed by atoms with Crippen LogP contribution < -0.4 is 5.32 Å². The lowest BCUT2D eigenvalue weighted by Gasteiger charge is -2.62. The Hall–Kier alpha value is -1.80. The van der Waals surface area contributed by atoms with E-state index in [-0.39, 0.29) is 11.3 Å². The number of carbonyl (C=O) groups is 1. The maximum atomic E-state index is 12.6. The van der Waals surface area contributed by atoms with Crippen molar-refractivity contribution in [2.75, 3.05) is 6.54 Å². The molecule has 140 valence electrons. The molecule has 1 N–H and O–H groups in total. The number of benzene rings is 2. The fourth-order valence-electron chi connectivity index (χ4n) is 6.76. The van der Waals surface area contributed by atoms with Crippen LogP contribution in [0.5, 0.6) is 0 Å². The molecule has 2 nitrogen and oxygen atoms in total. The molecule has 4 aliphatic carbocycles. The molecule has 3 heteroatoms. The Bertz CT molecular complexity index is 830. The van der Waals surface area contributed by atoms with Gasteiger partial charge in [0.2, 0.25) is 0 Å². The van der Waals surface area contributed by atoms with Gasteiger partial charge >= 0.3 is 0 Å². The molecule has 1 amide bonds.